The summed E-state index contributed by atoms with van der Waals surface area (Å²) >= 11 is 0. The van der Waals surface area contributed by atoms with Crippen LogP contribution in [0.3, 0.4) is 0 Å². The molecule has 0 bridgehead atoms. The molecule has 0 spiro atoms. The number of aliphatic imine (C=N–C) groups is 1. The second kappa shape index (κ2) is 11.1. The van der Waals surface area contributed by atoms with Gasteiger partial charge in [0.1, 0.15) is 23.7 Å². The zero-order valence-electron chi connectivity index (χ0n) is 22.9. The summed E-state index contributed by atoms with van der Waals surface area (Å²) < 4.78 is 17.5. The van der Waals surface area contributed by atoms with Crippen molar-refractivity contribution in [2.45, 2.75) is 45.1 Å². The Hall–Kier alpha value is -4.21. The number of likely N-dealkylation sites (tertiary alicyclic amines) is 2. The first-order chi connectivity index (χ1) is 19.1. The Bertz CT molecular complexity index is 1330. The number of hydrogen-bond donors (Lipinski definition) is 0. The quantitative estimate of drug-likeness (QED) is 0.462. The Labute approximate surface area is 232 Å². The normalized spacial score (nSPS) is 20.3. The minimum Gasteiger partial charge on any atom is -0.493 e. The van der Waals surface area contributed by atoms with Crippen molar-refractivity contribution in [1.29, 1.82) is 0 Å². The minimum absolute atomic E-state index is 0.0131. The lowest BCUT2D eigenvalue weighted by molar-refractivity contribution is -0.138. The van der Waals surface area contributed by atoms with Gasteiger partial charge in [0.15, 0.2) is 0 Å². The molecule has 0 radical (unpaired) electrons. The molecule has 210 valence electrons. The first kappa shape index (κ1) is 27.4. The van der Waals surface area contributed by atoms with Crippen LogP contribution in [0.4, 0.5) is 4.79 Å². The number of carbonyl (C=O) groups is 4. The van der Waals surface area contributed by atoms with Gasteiger partial charge in [-0.05, 0) is 56.7 Å². The van der Waals surface area contributed by atoms with Crippen molar-refractivity contribution >= 4 is 30.0 Å². The number of fused-ring (bicyclic) bond motifs is 1. The predicted molar refractivity (Wildman–Crippen MR) is 146 cm³/mol. The highest BCUT2D eigenvalue weighted by Gasteiger charge is 2.38. The first-order valence-electron chi connectivity index (χ1n) is 13.5. The van der Waals surface area contributed by atoms with Crippen LogP contribution in [-0.2, 0) is 14.3 Å². The van der Waals surface area contributed by atoms with Crippen molar-refractivity contribution in [3.63, 3.8) is 0 Å². The summed E-state index contributed by atoms with van der Waals surface area (Å²) in [4.78, 5) is 55.2. The van der Waals surface area contributed by atoms with Crippen LogP contribution in [0.1, 0.15) is 61.0 Å². The molecule has 2 aromatic rings. The van der Waals surface area contributed by atoms with E-state index in [1.54, 1.807) is 17.2 Å². The van der Waals surface area contributed by atoms with E-state index in [-0.39, 0.29) is 61.6 Å². The van der Waals surface area contributed by atoms with Crippen molar-refractivity contribution in [2.24, 2.45) is 10.9 Å². The van der Waals surface area contributed by atoms with Crippen molar-refractivity contribution in [2.75, 3.05) is 32.8 Å². The lowest BCUT2D eigenvalue weighted by Crippen LogP contribution is -2.35. The second-order valence-corrected chi connectivity index (χ2v) is 11.2. The number of imide groups is 1. The molecule has 3 aliphatic rings. The van der Waals surface area contributed by atoms with Gasteiger partial charge >= 0.3 is 6.09 Å². The van der Waals surface area contributed by atoms with E-state index in [4.69, 9.17) is 14.2 Å². The molecule has 2 atom stereocenters. The van der Waals surface area contributed by atoms with Gasteiger partial charge in [-0.25, -0.2) is 9.79 Å². The minimum atomic E-state index is -0.608. The summed E-state index contributed by atoms with van der Waals surface area (Å²) in [6.07, 6.45) is 1.70. The Balaban J connectivity index is 1.25. The van der Waals surface area contributed by atoms with E-state index in [0.717, 1.165) is 11.1 Å². The van der Waals surface area contributed by atoms with Crippen LogP contribution in [0.5, 0.6) is 11.5 Å². The molecule has 0 saturated carbocycles. The predicted octanol–water partition coefficient (Wildman–Crippen LogP) is 3.82. The van der Waals surface area contributed by atoms with Crippen molar-refractivity contribution in [1.82, 2.24) is 9.80 Å². The molecule has 2 fully saturated rings. The Kier molecular flexibility index (Phi) is 7.60. The highest BCUT2D eigenvalue weighted by atomic mass is 16.6. The topological polar surface area (TPSA) is 115 Å². The summed E-state index contributed by atoms with van der Waals surface area (Å²) in [6.45, 7) is 7.24. The number of amides is 4. The molecule has 0 aliphatic carbocycles. The van der Waals surface area contributed by atoms with E-state index in [0.29, 0.717) is 36.8 Å². The van der Waals surface area contributed by atoms with Gasteiger partial charge in [-0.1, -0.05) is 12.1 Å². The van der Waals surface area contributed by atoms with Crippen molar-refractivity contribution < 1.29 is 33.4 Å². The summed E-state index contributed by atoms with van der Waals surface area (Å²) in [5.74, 6) is 0.567. The van der Waals surface area contributed by atoms with Crippen LogP contribution in [0, 0.1) is 5.92 Å². The van der Waals surface area contributed by atoms with Gasteiger partial charge in [0.2, 0.25) is 11.8 Å². The fraction of sp³-hybridized carbons (Fsp3) is 0.433. The summed E-state index contributed by atoms with van der Waals surface area (Å²) in [5, 5.41) is 0. The Morgan fingerprint density at radius 3 is 2.35 bits per heavy atom. The third-order valence-electron chi connectivity index (χ3n) is 7.18. The summed E-state index contributed by atoms with van der Waals surface area (Å²) in [6, 6.07) is 13.0. The third kappa shape index (κ3) is 6.16. The number of rotatable bonds is 8. The highest BCUT2D eigenvalue weighted by molar-refractivity contribution is 6.13. The third-order valence-corrected chi connectivity index (χ3v) is 7.18. The van der Waals surface area contributed by atoms with Crippen molar-refractivity contribution in [3.8, 4) is 11.5 Å². The number of hydrogen-bond acceptors (Lipinski definition) is 7. The zero-order chi connectivity index (χ0) is 28.4. The number of nitrogens with zero attached hydrogens (tertiary/aromatic N) is 3. The van der Waals surface area contributed by atoms with Crippen LogP contribution in [0.25, 0.3) is 0 Å². The lowest BCUT2D eigenvalue weighted by atomic mass is 9.89. The van der Waals surface area contributed by atoms with Gasteiger partial charge in [0.05, 0.1) is 18.7 Å². The van der Waals surface area contributed by atoms with Crippen molar-refractivity contribution in [3.05, 3.63) is 59.2 Å². The van der Waals surface area contributed by atoms with Gasteiger partial charge in [0, 0.05) is 49.5 Å². The molecule has 3 heterocycles. The second-order valence-electron chi connectivity index (χ2n) is 11.2. The maximum atomic E-state index is 12.9. The number of carbonyl (C=O) groups excluding carboxylic acids is 4. The average Bonchev–Trinajstić information content (AvgIpc) is 3.60. The fourth-order valence-electron chi connectivity index (χ4n) is 5.16. The molecule has 10 heteroatoms. The molecular formula is C30H33N3O7. The van der Waals surface area contributed by atoms with Crippen LogP contribution >= 0.6 is 0 Å². The molecule has 0 unspecified atom stereocenters. The molecule has 0 N–H and O–H groups in total. The largest absolute Gasteiger partial charge is 0.493 e. The Morgan fingerprint density at radius 2 is 1.65 bits per heavy atom. The van der Waals surface area contributed by atoms with Gasteiger partial charge in [-0.15, -0.1) is 0 Å². The van der Waals surface area contributed by atoms with E-state index < -0.39 is 5.60 Å². The number of ether oxygens (including phenoxy) is 3. The maximum absolute atomic E-state index is 12.9. The average molecular weight is 548 g/mol. The van der Waals surface area contributed by atoms with E-state index in [2.05, 4.69) is 4.99 Å². The fourth-order valence-corrected chi connectivity index (χ4v) is 5.16. The van der Waals surface area contributed by atoms with E-state index in [1.165, 1.54) is 4.90 Å². The smallest absolute Gasteiger partial charge is 0.410 e. The van der Waals surface area contributed by atoms with Gasteiger partial charge in [-0.3, -0.25) is 19.3 Å². The molecule has 2 aromatic carbocycles. The van der Waals surface area contributed by atoms with Crippen LogP contribution in [0.15, 0.2) is 47.5 Å². The van der Waals surface area contributed by atoms with Gasteiger partial charge in [0.25, 0.3) is 5.91 Å². The SMILES string of the molecule is CC(C)(C)OC(=O)N1C[C@H](COc2ccc3c(c2)C(=O)N=C3)[C@H](c2ccc(OCCN3C(=O)CCC3=O)cc2)C1. The molecule has 40 heavy (non-hydrogen) atoms. The summed E-state index contributed by atoms with van der Waals surface area (Å²) in [7, 11) is 0. The molecule has 4 amide bonds. The van der Waals surface area contributed by atoms with E-state index in [9.17, 15) is 19.2 Å². The van der Waals surface area contributed by atoms with Crippen LogP contribution in [0.2, 0.25) is 0 Å². The first-order valence-corrected chi connectivity index (χ1v) is 13.5. The Morgan fingerprint density at radius 1 is 0.950 bits per heavy atom. The molecule has 5 rings (SSSR count). The molecule has 0 aromatic heterocycles. The molecule has 10 nitrogen and oxygen atoms in total. The van der Waals surface area contributed by atoms with Crippen LogP contribution in [-0.4, -0.2) is 78.3 Å². The number of benzene rings is 2. The standard InChI is InChI=1S/C30H33N3O7/c1-30(2,3)40-29(37)32-16-21(18-39-23-9-6-20-15-31-28(36)24(20)14-23)25(17-32)19-4-7-22(8-5-19)38-13-12-33-26(34)10-11-27(33)35/h4-9,14-15,21,25H,10-13,16-18H2,1-3H3/t21-,25+/m1/s1. The molecule has 3 aliphatic heterocycles. The maximum Gasteiger partial charge on any atom is 0.410 e. The van der Waals surface area contributed by atoms with Gasteiger partial charge < -0.3 is 19.1 Å². The highest BCUT2D eigenvalue weighted by Crippen LogP contribution is 2.35. The monoisotopic (exact) mass is 547 g/mol. The summed E-state index contributed by atoms with van der Waals surface area (Å²) in [5.41, 5.74) is 1.70. The van der Waals surface area contributed by atoms with E-state index in [1.807, 2.05) is 57.2 Å². The van der Waals surface area contributed by atoms with Crippen LogP contribution < -0.4 is 9.47 Å². The lowest BCUT2D eigenvalue weighted by Gasteiger charge is -2.24. The van der Waals surface area contributed by atoms with Gasteiger partial charge in [-0.2, -0.15) is 0 Å². The van der Waals surface area contributed by atoms with E-state index >= 15 is 0 Å². The molecule has 2 saturated heterocycles. The molecular weight excluding hydrogens is 514 g/mol. The zero-order valence-corrected chi connectivity index (χ0v) is 22.9.